The molecule has 0 N–H and O–H groups in total. The second-order valence-electron chi connectivity index (χ2n) is 19.5. The zero-order valence-electron chi connectivity index (χ0n) is 30.9. The number of quaternary nitrogens is 1. The van der Waals surface area contributed by atoms with Gasteiger partial charge in [-0.25, -0.2) is 0 Å². The van der Waals surface area contributed by atoms with Crippen LogP contribution in [0.3, 0.4) is 0 Å². The molecule has 8 aliphatic rings. The highest BCUT2D eigenvalue weighted by molar-refractivity contribution is 5.66. The van der Waals surface area contributed by atoms with Gasteiger partial charge in [-0.05, 0) is 141 Å². The van der Waals surface area contributed by atoms with E-state index in [-0.39, 0.29) is 62.1 Å². The van der Waals surface area contributed by atoms with Crippen molar-refractivity contribution in [2.45, 2.75) is 138 Å². The first-order valence-corrected chi connectivity index (χ1v) is 19.4. The van der Waals surface area contributed by atoms with Gasteiger partial charge in [0, 0.05) is 24.7 Å². The van der Waals surface area contributed by atoms with Gasteiger partial charge in [-0.2, -0.15) is 0 Å². The molecular formula is C41H66BrNO4. The van der Waals surface area contributed by atoms with E-state index in [2.05, 4.69) is 34.6 Å². The number of carbonyl (C=O) groups is 2. The molecule has 266 valence electrons. The maximum atomic E-state index is 12.3. The van der Waals surface area contributed by atoms with Gasteiger partial charge in [0.2, 0.25) is 0 Å². The topological polar surface area (TPSA) is 52.6 Å². The molecule has 0 aromatic heterocycles. The van der Waals surface area contributed by atoms with Gasteiger partial charge in [-0.15, -0.1) is 0 Å². The van der Waals surface area contributed by atoms with E-state index in [9.17, 15) is 9.59 Å². The fourth-order valence-corrected chi connectivity index (χ4v) is 15.0. The molecule has 3 heterocycles. The molecule has 5 saturated carbocycles. The molecule has 0 amide bonds. The van der Waals surface area contributed by atoms with E-state index in [0.717, 1.165) is 12.3 Å². The van der Waals surface area contributed by atoms with Gasteiger partial charge in [0.1, 0.15) is 12.6 Å². The average Bonchev–Trinajstić information content (AvgIpc) is 3.39. The number of esters is 2. The maximum absolute atomic E-state index is 12.3. The number of nitrogens with zero attached hydrogens (tertiary/aromatic N) is 1. The first-order valence-electron chi connectivity index (χ1n) is 19.4. The summed E-state index contributed by atoms with van der Waals surface area (Å²) in [4.78, 5) is 24.3. The lowest BCUT2D eigenvalue weighted by Gasteiger charge is -2.73. The maximum Gasteiger partial charge on any atom is 0.302 e. The number of fused-ring (bicyclic) bond motifs is 10. The lowest BCUT2D eigenvalue weighted by molar-refractivity contribution is -0.938. The predicted octanol–water partition coefficient (Wildman–Crippen LogP) is 5.75. The third-order valence-electron chi connectivity index (χ3n) is 17.5. The number of ether oxygens (including phenoxy) is 2. The third kappa shape index (κ3) is 5.36. The highest BCUT2D eigenvalue weighted by Crippen LogP contribution is 2.77. The van der Waals surface area contributed by atoms with E-state index >= 15 is 0 Å². The van der Waals surface area contributed by atoms with E-state index in [1.165, 1.54) is 113 Å². The smallest absolute Gasteiger partial charge is 0.302 e. The molecule has 47 heavy (non-hydrogen) atoms. The summed E-state index contributed by atoms with van der Waals surface area (Å²) in [5.74, 6) is 3.77. The van der Waals surface area contributed by atoms with Crippen molar-refractivity contribution < 1.29 is 40.5 Å². The number of piperidine rings is 3. The molecule has 2 bridgehead atoms. The van der Waals surface area contributed by atoms with Crippen molar-refractivity contribution in [3.63, 3.8) is 0 Å². The molecule has 3 aliphatic heterocycles. The number of carbonyl (C=O) groups excluding carboxylic acids is 2. The van der Waals surface area contributed by atoms with Crippen molar-refractivity contribution in [2.75, 3.05) is 32.8 Å². The number of hydrogen-bond acceptors (Lipinski definition) is 4. The molecule has 8 rings (SSSR count). The summed E-state index contributed by atoms with van der Waals surface area (Å²) in [5.41, 5.74) is 2.45. The third-order valence-corrected chi connectivity index (χ3v) is 17.5. The molecule has 0 radical (unpaired) electrons. The van der Waals surface area contributed by atoms with Gasteiger partial charge >= 0.3 is 11.9 Å². The molecule has 10 atom stereocenters. The molecule has 0 spiro atoms. The Balaban J connectivity index is 0.00000386. The Kier molecular flexibility index (Phi) is 9.27. The molecule has 5 unspecified atom stereocenters. The number of halogens is 1. The van der Waals surface area contributed by atoms with Crippen molar-refractivity contribution in [2.24, 2.45) is 62.6 Å². The lowest BCUT2D eigenvalue weighted by Crippen LogP contribution is -3.00. The Labute approximate surface area is 297 Å². The van der Waals surface area contributed by atoms with Crippen LogP contribution in [0.1, 0.15) is 132 Å². The fourth-order valence-electron chi connectivity index (χ4n) is 15.0. The van der Waals surface area contributed by atoms with Crippen LogP contribution >= 0.6 is 0 Å². The van der Waals surface area contributed by atoms with Crippen molar-refractivity contribution in [3.05, 3.63) is 12.2 Å². The van der Waals surface area contributed by atoms with Crippen LogP contribution in [0.2, 0.25) is 0 Å². The van der Waals surface area contributed by atoms with Crippen LogP contribution in [-0.4, -0.2) is 55.3 Å². The molecule has 6 heteroatoms. The van der Waals surface area contributed by atoms with Crippen molar-refractivity contribution in [3.8, 4) is 0 Å². The second-order valence-corrected chi connectivity index (χ2v) is 19.5. The highest BCUT2D eigenvalue weighted by Gasteiger charge is 2.71. The summed E-state index contributed by atoms with van der Waals surface area (Å²) in [6.07, 6.45) is 16.4. The molecule has 0 aromatic rings. The van der Waals surface area contributed by atoms with Crippen LogP contribution < -0.4 is 17.0 Å². The average molecular weight is 717 g/mol. The Morgan fingerprint density at radius 2 is 1.43 bits per heavy atom. The molecule has 5 aliphatic carbocycles. The van der Waals surface area contributed by atoms with E-state index in [1.54, 1.807) is 13.8 Å². The van der Waals surface area contributed by atoms with E-state index in [1.807, 2.05) is 0 Å². The summed E-state index contributed by atoms with van der Waals surface area (Å²) in [7, 11) is 0. The minimum atomic E-state index is -0.128. The largest absolute Gasteiger partial charge is 1.00 e. The SMILES string of the molecule is C=C(C[N+]12CCC(CC1)CC2)C1CC[C@]2(COC(C)=O)CC[C@]3(C)C(CCC4[C@@]5(C)CC[C@H](OC(C)=O)C(C)(C)C5CC[C@]43C)C12.[Br-]. The molecule has 0 aromatic carbocycles. The van der Waals surface area contributed by atoms with Gasteiger partial charge in [0.15, 0.2) is 0 Å². The van der Waals surface area contributed by atoms with Gasteiger partial charge in [0.05, 0.1) is 26.2 Å². The minimum Gasteiger partial charge on any atom is -1.00 e. The van der Waals surface area contributed by atoms with Crippen molar-refractivity contribution in [1.29, 1.82) is 0 Å². The van der Waals surface area contributed by atoms with Crippen LogP contribution in [0.5, 0.6) is 0 Å². The Hall–Kier alpha value is -0.880. The normalized spacial score (nSPS) is 49.3. The summed E-state index contributed by atoms with van der Waals surface area (Å²) >= 11 is 0. The van der Waals surface area contributed by atoms with Crippen LogP contribution in [0.25, 0.3) is 0 Å². The monoisotopic (exact) mass is 715 g/mol. The van der Waals surface area contributed by atoms with Gasteiger partial charge in [-0.1, -0.05) is 41.2 Å². The van der Waals surface area contributed by atoms with Crippen molar-refractivity contribution >= 4 is 11.9 Å². The number of hydrogen-bond donors (Lipinski definition) is 0. The zero-order valence-corrected chi connectivity index (χ0v) is 32.5. The van der Waals surface area contributed by atoms with Crippen LogP contribution in [-0.2, 0) is 19.1 Å². The van der Waals surface area contributed by atoms with E-state index in [4.69, 9.17) is 16.1 Å². The summed E-state index contributed by atoms with van der Waals surface area (Å²) in [6.45, 7) is 26.9. The first-order chi connectivity index (χ1) is 21.6. The first kappa shape index (κ1) is 35.9. The van der Waals surface area contributed by atoms with Crippen LogP contribution in [0.4, 0.5) is 0 Å². The minimum absolute atomic E-state index is 0. The van der Waals surface area contributed by atoms with E-state index in [0.29, 0.717) is 36.2 Å². The zero-order chi connectivity index (χ0) is 32.9. The Bertz CT molecular complexity index is 1240. The van der Waals surface area contributed by atoms with E-state index < -0.39 is 0 Å². The standard InChI is InChI=1S/C41H66NO4.BrH/c1-27(25-42-22-14-30(15-23-42)16-24-42)31-11-19-41(26-45-28(2)43)21-20-39(7)32(36(31)41)9-10-34-38(6)17-13-35(46-29(3)44)37(4,5)33(38)12-18-40(34,39)8;/h30-36H,1,9-26H2,2-8H3;1H/q+1;/p-1/t30?,31?,32?,33?,34?,35-,36?,38-,39+,40+,41+,42?;/m0./s1. The van der Waals surface area contributed by atoms with Crippen molar-refractivity contribution in [1.82, 2.24) is 0 Å². The fraction of sp³-hybridized carbons (Fsp3) is 0.902. The van der Waals surface area contributed by atoms with Gasteiger partial charge < -0.3 is 30.9 Å². The molecule has 8 fully saturated rings. The van der Waals surface area contributed by atoms with Gasteiger partial charge in [-0.3, -0.25) is 9.59 Å². The quantitative estimate of drug-likeness (QED) is 0.200. The summed E-state index contributed by atoms with van der Waals surface area (Å²) in [6, 6.07) is 0. The van der Waals surface area contributed by atoms with Crippen LogP contribution in [0.15, 0.2) is 12.2 Å². The summed E-state index contributed by atoms with van der Waals surface area (Å²) in [5, 5.41) is 0. The van der Waals surface area contributed by atoms with Crippen LogP contribution in [0, 0.1) is 62.6 Å². The predicted molar refractivity (Wildman–Crippen MR) is 183 cm³/mol. The molecular weight excluding hydrogens is 650 g/mol. The molecule has 3 saturated heterocycles. The Morgan fingerprint density at radius 1 is 0.745 bits per heavy atom. The molecule has 5 nitrogen and oxygen atoms in total. The number of rotatable bonds is 6. The Morgan fingerprint density at radius 3 is 2.06 bits per heavy atom. The second kappa shape index (κ2) is 12.1. The lowest BCUT2D eigenvalue weighted by atomic mass is 9.32. The van der Waals surface area contributed by atoms with Gasteiger partial charge in [0.25, 0.3) is 0 Å². The summed E-state index contributed by atoms with van der Waals surface area (Å²) < 4.78 is 13.3. The highest BCUT2D eigenvalue weighted by atomic mass is 79.9.